The van der Waals surface area contributed by atoms with Gasteiger partial charge in [0.15, 0.2) is 5.65 Å². The summed E-state index contributed by atoms with van der Waals surface area (Å²) in [4.78, 5) is 27.8. The summed E-state index contributed by atoms with van der Waals surface area (Å²) in [7, 11) is 0. The van der Waals surface area contributed by atoms with Crippen molar-refractivity contribution in [2.75, 3.05) is 18.4 Å². The molecule has 0 saturated carbocycles. The molecule has 176 valence electrons. The number of aromatic nitrogens is 4. The van der Waals surface area contributed by atoms with Crippen molar-refractivity contribution in [3.8, 4) is 17.3 Å². The largest absolute Gasteiger partial charge is 0.474 e. The van der Waals surface area contributed by atoms with Gasteiger partial charge < -0.3 is 19.7 Å². The second-order valence-corrected chi connectivity index (χ2v) is 9.58. The van der Waals surface area contributed by atoms with E-state index in [4.69, 9.17) is 14.5 Å². The molecule has 4 rings (SSSR count). The van der Waals surface area contributed by atoms with Crippen LogP contribution in [-0.2, 0) is 4.74 Å². The van der Waals surface area contributed by atoms with Crippen molar-refractivity contribution in [3.63, 3.8) is 0 Å². The molecule has 1 N–H and O–H groups in total. The summed E-state index contributed by atoms with van der Waals surface area (Å²) in [5.74, 6) is 1.29. The monoisotopic (exact) mass is 452 g/mol. The molecule has 1 unspecified atom stereocenters. The Morgan fingerprint density at radius 2 is 2.03 bits per heavy atom. The Kier molecular flexibility index (Phi) is 6.40. The van der Waals surface area contributed by atoms with Gasteiger partial charge in [0.1, 0.15) is 11.4 Å². The molecule has 3 aromatic heterocycles. The third-order valence-electron chi connectivity index (χ3n) is 5.17. The highest BCUT2D eigenvalue weighted by atomic mass is 16.6. The SMILES string of the molecule is CC(C)Oc1cn2c(-c3cccc(NC4CCCN(C(=O)OC(C)(C)C)C4)n3)cnc2cn1. The molecule has 0 spiro atoms. The number of nitrogens with zero attached hydrogens (tertiary/aromatic N) is 5. The standard InChI is InChI=1S/C24H32N6O3/c1-16(2)32-22-15-30-19(12-25-21(30)13-26-22)18-9-6-10-20(28-18)27-17-8-7-11-29(14-17)23(31)33-24(3,4)5/h6,9-10,12-13,15-17H,7-8,11,14H2,1-5H3,(H,27,28). The van der Waals surface area contributed by atoms with E-state index in [0.29, 0.717) is 19.0 Å². The average Bonchev–Trinajstić information content (AvgIpc) is 3.16. The number of amides is 1. The van der Waals surface area contributed by atoms with Gasteiger partial charge in [-0.05, 0) is 59.6 Å². The minimum atomic E-state index is -0.503. The molecule has 0 bridgehead atoms. The number of piperidine rings is 1. The number of imidazole rings is 1. The highest BCUT2D eigenvalue weighted by Crippen LogP contribution is 2.23. The van der Waals surface area contributed by atoms with Crippen LogP contribution >= 0.6 is 0 Å². The predicted molar refractivity (Wildman–Crippen MR) is 126 cm³/mol. The molecule has 9 heteroatoms. The molecule has 1 fully saturated rings. The average molecular weight is 453 g/mol. The van der Waals surface area contributed by atoms with Gasteiger partial charge in [-0.25, -0.2) is 19.7 Å². The number of pyridine rings is 1. The van der Waals surface area contributed by atoms with E-state index >= 15 is 0 Å². The Labute approximate surface area is 194 Å². The van der Waals surface area contributed by atoms with E-state index in [1.807, 2.05) is 63.4 Å². The van der Waals surface area contributed by atoms with Crippen LogP contribution in [-0.4, -0.2) is 61.2 Å². The lowest BCUT2D eigenvalue weighted by molar-refractivity contribution is 0.0206. The summed E-state index contributed by atoms with van der Waals surface area (Å²) in [6, 6.07) is 5.96. The van der Waals surface area contributed by atoms with Gasteiger partial charge in [0, 0.05) is 19.1 Å². The maximum Gasteiger partial charge on any atom is 0.410 e. The van der Waals surface area contributed by atoms with Crippen LogP contribution in [0.25, 0.3) is 17.0 Å². The lowest BCUT2D eigenvalue weighted by atomic mass is 10.1. The lowest BCUT2D eigenvalue weighted by Crippen LogP contribution is -2.47. The third-order valence-corrected chi connectivity index (χ3v) is 5.17. The van der Waals surface area contributed by atoms with Crippen LogP contribution in [0.4, 0.5) is 10.6 Å². The van der Waals surface area contributed by atoms with E-state index in [2.05, 4.69) is 15.3 Å². The molecule has 4 heterocycles. The summed E-state index contributed by atoms with van der Waals surface area (Å²) < 4.78 is 13.2. The first-order chi connectivity index (χ1) is 15.7. The summed E-state index contributed by atoms with van der Waals surface area (Å²) in [5.41, 5.74) is 1.86. The van der Waals surface area contributed by atoms with Crippen molar-refractivity contribution in [3.05, 3.63) is 36.8 Å². The van der Waals surface area contributed by atoms with Gasteiger partial charge in [-0.3, -0.25) is 4.40 Å². The molecule has 3 aromatic rings. The zero-order valence-corrected chi connectivity index (χ0v) is 19.9. The van der Waals surface area contributed by atoms with E-state index in [1.54, 1.807) is 17.3 Å². The van der Waals surface area contributed by atoms with E-state index in [1.165, 1.54) is 0 Å². The Bertz CT molecular complexity index is 1120. The number of nitrogens with one attached hydrogen (secondary N) is 1. The number of carbonyl (C=O) groups excluding carboxylic acids is 1. The molecule has 1 atom stereocenters. The highest BCUT2D eigenvalue weighted by molar-refractivity contribution is 5.68. The van der Waals surface area contributed by atoms with Gasteiger partial charge in [-0.2, -0.15) is 0 Å². The Hall–Kier alpha value is -3.36. The van der Waals surface area contributed by atoms with Gasteiger partial charge >= 0.3 is 6.09 Å². The smallest absolute Gasteiger partial charge is 0.410 e. The first-order valence-electron chi connectivity index (χ1n) is 11.4. The Balaban J connectivity index is 1.50. The third kappa shape index (κ3) is 5.71. The maximum atomic E-state index is 12.5. The van der Waals surface area contributed by atoms with Crippen LogP contribution in [0.15, 0.2) is 36.8 Å². The molecule has 1 aliphatic heterocycles. The van der Waals surface area contributed by atoms with Crippen LogP contribution in [0.3, 0.4) is 0 Å². The summed E-state index contributed by atoms with van der Waals surface area (Å²) in [6.07, 6.45) is 6.94. The number of rotatable bonds is 5. The first kappa shape index (κ1) is 22.8. The van der Waals surface area contributed by atoms with E-state index in [0.717, 1.165) is 35.7 Å². The second kappa shape index (κ2) is 9.25. The number of hydrogen-bond donors (Lipinski definition) is 1. The molecule has 1 saturated heterocycles. The van der Waals surface area contributed by atoms with Crippen LogP contribution in [0, 0.1) is 0 Å². The van der Waals surface area contributed by atoms with Gasteiger partial charge in [0.2, 0.25) is 5.88 Å². The quantitative estimate of drug-likeness (QED) is 0.613. The summed E-state index contributed by atoms with van der Waals surface area (Å²) in [6.45, 7) is 10.9. The zero-order chi connectivity index (χ0) is 23.6. The molecular formula is C24H32N6O3. The molecule has 33 heavy (non-hydrogen) atoms. The van der Waals surface area contributed by atoms with Crippen molar-refractivity contribution >= 4 is 17.6 Å². The fraction of sp³-hybridized carbons (Fsp3) is 0.500. The number of anilines is 1. The van der Waals surface area contributed by atoms with Crippen LogP contribution in [0.5, 0.6) is 5.88 Å². The van der Waals surface area contributed by atoms with Crippen molar-refractivity contribution in [1.82, 2.24) is 24.3 Å². The number of ether oxygens (including phenoxy) is 2. The summed E-state index contributed by atoms with van der Waals surface area (Å²) in [5, 5.41) is 3.49. The van der Waals surface area contributed by atoms with Crippen molar-refractivity contribution in [1.29, 1.82) is 0 Å². The van der Waals surface area contributed by atoms with E-state index < -0.39 is 5.60 Å². The van der Waals surface area contributed by atoms with Gasteiger partial charge in [0.25, 0.3) is 0 Å². The molecule has 1 amide bonds. The van der Waals surface area contributed by atoms with Crippen molar-refractivity contribution < 1.29 is 14.3 Å². The van der Waals surface area contributed by atoms with Crippen molar-refractivity contribution in [2.45, 2.75) is 65.2 Å². The van der Waals surface area contributed by atoms with E-state index in [9.17, 15) is 4.79 Å². The molecule has 1 aliphatic rings. The Morgan fingerprint density at radius 1 is 1.21 bits per heavy atom. The topological polar surface area (TPSA) is 93.9 Å². The Morgan fingerprint density at radius 3 is 2.79 bits per heavy atom. The number of likely N-dealkylation sites (tertiary alicyclic amines) is 1. The minimum absolute atomic E-state index is 0.0308. The van der Waals surface area contributed by atoms with Crippen LogP contribution in [0.2, 0.25) is 0 Å². The highest BCUT2D eigenvalue weighted by Gasteiger charge is 2.27. The zero-order valence-electron chi connectivity index (χ0n) is 19.9. The molecule has 0 aliphatic carbocycles. The molecule has 9 nitrogen and oxygen atoms in total. The molecular weight excluding hydrogens is 420 g/mol. The lowest BCUT2D eigenvalue weighted by Gasteiger charge is -2.34. The van der Waals surface area contributed by atoms with Crippen LogP contribution in [0.1, 0.15) is 47.5 Å². The number of carbonyl (C=O) groups is 1. The molecule has 0 aromatic carbocycles. The fourth-order valence-electron chi connectivity index (χ4n) is 3.82. The first-order valence-corrected chi connectivity index (χ1v) is 11.4. The van der Waals surface area contributed by atoms with Gasteiger partial charge in [-0.15, -0.1) is 0 Å². The number of hydrogen-bond acceptors (Lipinski definition) is 7. The van der Waals surface area contributed by atoms with Gasteiger partial charge in [-0.1, -0.05) is 6.07 Å². The predicted octanol–water partition coefficient (Wildman–Crippen LogP) is 4.39. The number of fused-ring (bicyclic) bond motifs is 1. The second-order valence-electron chi connectivity index (χ2n) is 9.58. The minimum Gasteiger partial charge on any atom is -0.474 e. The molecule has 0 radical (unpaired) electrons. The fourth-order valence-corrected chi connectivity index (χ4v) is 3.82. The maximum absolute atomic E-state index is 12.5. The van der Waals surface area contributed by atoms with Crippen molar-refractivity contribution in [2.24, 2.45) is 0 Å². The van der Waals surface area contributed by atoms with Crippen LogP contribution < -0.4 is 10.1 Å². The normalized spacial score (nSPS) is 16.8. The summed E-state index contributed by atoms with van der Waals surface area (Å²) >= 11 is 0. The van der Waals surface area contributed by atoms with Gasteiger partial charge in [0.05, 0.1) is 36.1 Å². The van der Waals surface area contributed by atoms with E-state index in [-0.39, 0.29) is 18.2 Å².